The summed E-state index contributed by atoms with van der Waals surface area (Å²) >= 11 is 0. The first kappa shape index (κ1) is 19.3. The van der Waals surface area contributed by atoms with Crippen LogP contribution in [0.2, 0.25) is 0 Å². The van der Waals surface area contributed by atoms with Crippen molar-refractivity contribution in [3.8, 4) is 0 Å². The van der Waals surface area contributed by atoms with Crippen LogP contribution in [0.25, 0.3) is 5.65 Å². The summed E-state index contributed by atoms with van der Waals surface area (Å²) in [5.41, 5.74) is 1.98. The Morgan fingerprint density at radius 1 is 1.18 bits per heavy atom. The Labute approximate surface area is 166 Å². The van der Waals surface area contributed by atoms with Gasteiger partial charge < -0.3 is 15.3 Å². The van der Waals surface area contributed by atoms with E-state index in [1.807, 2.05) is 6.20 Å². The molecule has 1 saturated carbocycles. The predicted octanol–water partition coefficient (Wildman–Crippen LogP) is 2.04. The molecule has 28 heavy (non-hydrogen) atoms. The molecule has 4 rings (SSSR count). The van der Waals surface area contributed by atoms with Crippen LogP contribution >= 0.6 is 0 Å². The lowest BCUT2D eigenvalue weighted by Gasteiger charge is -2.36. The maximum atomic E-state index is 12.8. The number of piperidine rings is 1. The molecule has 2 N–H and O–H groups in total. The Hall–Kier alpha value is -1.99. The molecule has 1 atom stereocenters. The van der Waals surface area contributed by atoms with Gasteiger partial charge in [0.1, 0.15) is 5.56 Å². The molecule has 1 unspecified atom stereocenters. The highest BCUT2D eigenvalue weighted by Gasteiger charge is 2.25. The van der Waals surface area contributed by atoms with Crippen molar-refractivity contribution in [1.82, 2.24) is 24.8 Å². The van der Waals surface area contributed by atoms with Gasteiger partial charge in [-0.25, -0.2) is 9.50 Å². The SMILES string of the molecule is O=C(NC1CCCN(CC2CCCCC2)C1)c1cnn2cc(CCO)cnc12. The minimum absolute atomic E-state index is 0.0703. The molecule has 2 aromatic heterocycles. The van der Waals surface area contributed by atoms with Crippen LogP contribution in [0.3, 0.4) is 0 Å². The predicted molar refractivity (Wildman–Crippen MR) is 107 cm³/mol. The van der Waals surface area contributed by atoms with E-state index in [-0.39, 0.29) is 18.6 Å². The molecule has 2 aromatic rings. The molecule has 7 heteroatoms. The number of fused-ring (bicyclic) bond motifs is 1. The first-order valence-corrected chi connectivity index (χ1v) is 10.7. The summed E-state index contributed by atoms with van der Waals surface area (Å²) in [6.07, 6.45) is 14.7. The van der Waals surface area contributed by atoms with E-state index in [2.05, 4.69) is 20.3 Å². The van der Waals surface area contributed by atoms with Crippen LogP contribution in [0.5, 0.6) is 0 Å². The van der Waals surface area contributed by atoms with Crippen molar-refractivity contribution in [1.29, 1.82) is 0 Å². The summed E-state index contributed by atoms with van der Waals surface area (Å²) in [5.74, 6) is 0.738. The number of likely N-dealkylation sites (tertiary alicyclic amines) is 1. The average molecular weight is 386 g/mol. The smallest absolute Gasteiger partial charge is 0.257 e. The molecule has 0 aromatic carbocycles. The van der Waals surface area contributed by atoms with Crippen molar-refractivity contribution in [2.75, 3.05) is 26.2 Å². The van der Waals surface area contributed by atoms with Gasteiger partial charge >= 0.3 is 0 Å². The zero-order valence-electron chi connectivity index (χ0n) is 16.5. The van der Waals surface area contributed by atoms with E-state index in [0.717, 1.165) is 37.4 Å². The lowest BCUT2D eigenvalue weighted by atomic mass is 9.88. The maximum Gasteiger partial charge on any atom is 0.257 e. The maximum absolute atomic E-state index is 12.8. The summed E-state index contributed by atoms with van der Waals surface area (Å²) in [4.78, 5) is 19.8. The van der Waals surface area contributed by atoms with Crippen LogP contribution in [0.4, 0.5) is 0 Å². The van der Waals surface area contributed by atoms with Gasteiger partial charge in [-0.1, -0.05) is 19.3 Å². The Kier molecular flexibility index (Phi) is 6.22. The van der Waals surface area contributed by atoms with E-state index in [0.29, 0.717) is 17.6 Å². The van der Waals surface area contributed by atoms with Crippen molar-refractivity contribution in [2.24, 2.45) is 5.92 Å². The third kappa shape index (κ3) is 4.52. The molecule has 1 aliphatic heterocycles. The summed E-state index contributed by atoms with van der Waals surface area (Å²) in [7, 11) is 0. The number of carbonyl (C=O) groups excluding carboxylic acids is 1. The van der Waals surface area contributed by atoms with Gasteiger partial charge in [0, 0.05) is 38.1 Å². The fourth-order valence-corrected chi connectivity index (χ4v) is 4.67. The molecule has 7 nitrogen and oxygen atoms in total. The van der Waals surface area contributed by atoms with E-state index < -0.39 is 0 Å². The van der Waals surface area contributed by atoms with E-state index in [1.54, 1.807) is 16.9 Å². The number of amides is 1. The van der Waals surface area contributed by atoms with Crippen molar-refractivity contribution in [2.45, 2.75) is 57.4 Å². The molecule has 0 bridgehead atoms. The highest BCUT2D eigenvalue weighted by atomic mass is 16.3. The molecule has 1 saturated heterocycles. The zero-order chi connectivity index (χ0) is 19.3. The second-order valence-corrected chi connectivity index (χ2v) is 8.34. The molecule has 0 radical (unpaired) electrons. The highest BCUT2D eigenvalue weighted by molar-refractivity contribution is 5.99. The average Bonchev–Trinajstić information content (AvgIpc) is 3.13. The fraction of sp³-hybridized carbons (Fsp3) is 0.667. The van der Waals surface area contributed by atoms with Crippen molar-refractivity contribution in [3.05, 3.63) is 29.7 Å². The Balaban J connectivity index is 1.37. The number of hydrogen-bond acceptors (Lipinski definition) is 5. The van der Waals surface area contributed by atoms with Crippen LogP contribution in [0.15, 0.2) is 18.6 Å². The summed E-state index contributed by atoms with van der Waals surface area (Å²) in [6.45, 7) is 3.34. The Bertz CT molecular complexity index is 799. The second kappa shape index (κ2) is 9.01. The van der Waals surface area contributed by atoms with E-state index >= 15 is 0 Å². The number of nitrogens with zero attached hydrogens (tertiary/aromatic N) is 4. The standard InChI is InChI=1S/C21H31N5O2/c27-10-8-17-11-22-20-19(12-23-26(20)14-17)21(28)24-18-7-4-9-25(15-18)13-16-5-2-1-3-6-16/h11-12,14,16,18,27H,1-10,13,15H2,(H,24,28). The van der Waals surface area contributed by atoms with Gasteiger partial charge in [-0.2, -0.15) is 5.10 Å². The lowest BCUT2D eigenvalue weighted by Crippen LogP contribution is -2.48. The highest BCUT2D eigenvalue weighted by Crippen LogP contribution is 2.25. The van der Waals surface area contributed by atoms with E-state index in [9.17, 15) is 4.79 Å². The minimum atomic E-state index is -0.0954. The fourth-order valence-electron chi connectivity index (χ4n) is 4.67. The van der Waals surface area contributed by atoms with Crippen LogP contribution in [-0.2, 0) is 6.42 Å². The largest absolute Gasteiger partial charge is 0.396 e. The number of aliphatic hydroxyl groups excluding tert-OH is 1. The molecule has 0 spiro atoms. The van der Waals surface area contributed by atoms with Gasteiger partial charge in [0.15, 0.2) is 5.65 Å². The molecule has 3 heterocycles. The second-order valence-electron chi connectivity index (χ2n) is 8.34. The van der Waals surface area contributed by atoms with Gasteiger partial charge in [-0.05, 0) is 50.1 Å². The number of carbonyl (C=O) groups is 1. The zero-order valence-corrected chi connectivity index (χ0v) is 16.5. The normalized spacial score (nSPS) is 21.8. The molecular weight excluding hydrogens is 354 g/mol. The van der Waals surface area contributed by atoms with Crippen LogP contribution < -0.4 is 5.32 Å². The van der Waals surface area contributed by atoms with Crippen molar-refractivity contribution in [3.63, 3.8) is 0 Å². The van der Waals surface area contributed by atoms with Crippen LogP contribution in [0.1, 0.15) is 60.9 Å². The topological polar surface area (TPSA) is 82.8 Å². The molecule has 152 valence electrons. The van der Waals surface area contributed by atoms with Gasteiger partial charge in [0.05, 0.1) is 6.20 Å². The van der Waals surface area contributed by atoms with Crippen LogP contribution in [-0.4, -0.2) is 62.8 Å². The molecule has 1 amide bonds. The molecule has 2 fully saturated rings. The Morgan fingerprint density at radius 3 is 2.86 bits per heavy atom. The van der Waals surface area contributed by atoms with Gasteiger partial charge in [0.2, 0.25) is 0 Å². The quantitative estimate of drug-likeness (QED) is 0.795. The summed E-state index contributed by atoms with van der Waals surface area (Å²) < 4.78 is 1.62. The third-order valence-electron chi connectivity index (χ3n) is 6.14. The number of rotatable bonds is 6. The first-order chi connectivity index (χ1) is 13.7. The third-order valence-corrected chi connectivity index (χ3v) is 6.14. The van der Waals surface area contributed by atoms with Crippen LogP contribution in [0, 0.1) is 5.92 Å². The summed E-state index contributed by atoms with van der Waals surface area (Å²) in [5, 5.41) is 16.5. The first-order valence-electron chi connectivity index (χ1n) is 10.7. The van der Waals surface area contributed by atoms with E-state index in [1.165, 1.54) is 38.6 Å². The van der Waals surface area contributed by atoms with Crippen molar-refractivity contribution >= 4 is 11.6 Å². The van der Waals surface area contributed by atoms with Crippen molar-refractivity contribution < 1.29 is 9.90 Å². The van der Waals surface area contributed by atoms with Gasteiger partial charge in [-0.3, -0.25) is 4.79 Å². The minimum Gasteiger partial charge on any atom is -0.396 e. The lowest BCUT2D eigenvalue weighted by molar-refractivity contribution is 0.0891. The Morgan fingerprint density at radius 2 is 2.04 bits per heavy atom. The number of hydrogen-bond donors (Lipinski definition) is 2. The van der Waals surface area contributed by atoms with Gasteiger partial charge in [-0.15, -0.1) is 0 Å². The van der Waals surface area contributed by atoms with Gasteiger partial charge in [0.25, 0.3) is 5.91 Å². The summed E-state index contributed by atoms with van der Waals surface area (Å²) in [6, 6.07) is 0.188. The molecular formula is C21H31N5O2. The van der Waals surface area contributed by atoms with E-state index in [4.69, 9.17) is 5.11 Å². The molecule has 2 aliphatic rings. The number of nitrogens with one attached hydrogen (secondary N) is 1. The number of aromatic nitrogens is 3. The molecule has 1 aliphatic carbocycles. The number of aliphatic hydroxyl groups is 1. The monoisotopic (exact) mass is 385 g/mol.